The molecule has 0 radical (unpaired) electrons. The second-order valence-electron chi connectivity index (χ2n) is 5.52. The Morgan fingerprint density at radius 2 is 2.19 bits per heavy atom. The summed E-state index contributed by atoms with van der Waals surface area (Å²) >= 11 is 0. The first-order valence-electron chi connectivity index (χ1n) is 6.56. The lowest BCUT2D eigenvalue weighted by Gasteiger charge is -2.34. The van der Waals surface area contributed by atoms with Gasteiger partial charge in [0, 0.05) is 31.8 Å². The largest absolute Gasteiger partial charge is 0.381 e. The van der Waals surface area contributed by atoms with E-state index in [9.17, 15) is 0 Å². The first-order valence-corrected chi connectivity index (χ1v) is 6.56. The Bertz CT molecular complexity index is 188. The molecule has 0 amide bonds. The number of nitrogens with zero attached hydrogens (tertiary/aromatic N) is 1. The average molecular weight is 228 g/mol. The predicted molar refractivity (Wildman–Crippen MR) is 68.8 cm³/mol. The Hall–Kier alpha value is -0.120. The van der Waals surface area contributed by atoms with E-state index in [1.165, 1.54) is 12.8 Å². The minimum atomic E-state index is 0.318. The van der Waals surface area contributed by atoms with E-state index in [1.54, 1.807) is 0 Å². The number of hydrogen-bond donors (Lipinski definition) is 1. The molecule has 0 bridgehead atoms. The highest BCUT2D eigenvalue weighted by atomic mass is 16.5. The number of nitrogens with one attached hydrogen (secondary N) is 1. The number of likely N-dealkylation sites (N-methyl/N-ethyl adjacent to an activating group) is 1. The SMILES string of the molecule is CCC(C)(C)N(C)CCNCC1CCOC1. The molecule has 96 valence electrons. The van der Waals surface area contributed by atoms with Crippen molar-refractivity contribution >= 4 is 0 Å². The summed E-state index contributed by atoms with van der Waals surface area (Å²) in [7, 11) is 2.21. The normalized spacial score (nSPS) is 21.9. The molecule has 1 atom stereocenters. The first kappa shape index (κ1) is 13.9. The summed E-state index contributed by atoms with van der Waals surface area (Å²) in [5, 5.41) is 3.53. The quantitative estimate of drug-likeness (QED) is 0.672. The van der Waals surface area contributed by atoms with Crippen molar-refractivity contribution in [2.45, 2.75) is 39.2 Å². The van der Waals surface area contributed by atoms with Gasteiger partial charge in [0.05, 0.1) is 6.61 Å². The van der Waals surface area contributed by atoms with Crippen molar-refractivity contribution in [2.75, 3.05) is 39.9 Å². The molecule has 1 unspecified atom stereocenters. The lowest BCUT2D eigenvalue weighted by atomic mass is 10.0. The van der Waals surface area contributed by atoms with Gasteiger partial charge in [0.25, 0.3) is 0 Å². The summed E-state index contributed by atoms with van der Waals surface area (Å²) in [4.78, 5) is 2.44. The van der Waals surface area contributed by atoms with E-state index in [1.807, 2.05) is 0 Å². The van der Waals surface area contributed by atoms with Crippen molar-refractivity contribution in [3.63, 3.8) is 0 Å². The van der Waals surface area contributed by atoms with Crippen LogP contribution in [-0.2, 0) is 4.74 Å². The third kappa shape index (κ3) is 4.40. The van der Waals surface area contributed by atoms with Crippen LogP contribution in [0.15, 0.2) is 0 Å². The molecule has 3 heteroatoms. The second-order valence-corrected chi connectivity index (χ2v) is 5.52. The summed E-state index contributed by atoms with van der Waals surface area (Å²) < 4.78 is 5.36. The number of ether oxygens (including phenoxy) is 1. The minimum absolute atomic E-state index is 0.318. The molecular weight excluding hydrogens is 200 g/mol. The fourth-order valence-corrected chi connectivity index (χ4v) is 1.87. The zero-order valence-corrected chi connectivity index (χ0v) is 11.4. The molecule has 1 saturated heterocycles. The van der Waals surface area contributed by atoms with Crippen LogP contribution >= 0.6 is 0 Å². The number of hydrogen-bond acceptors (Lipinski definition) is 3. The van der Waals surface area contributed by atoms with Crippen molar-refractivity contribution < 1.29 is 4.74 Å². The van der Waals surface area contributed by atoms with Gasteiger partial charge in [-0.1, -0.05) is 6.92 Å². The van der Waals surface area contributed by atoms with Gasteiger partial charge in [-0.3, -0.25) is 4.90 Å². The molecule has 0 aromatic rings. The van der Waals surface area contributed by atoms with Crippen LogP contribution in [0.5, 0.6) is 0 Å². The van der Waals surface area contributed by atoms with Crippen molar-refractivity contribution in [3.05, 3.63) is 0 Å². The molecule has 3 nitrogen and oxygen atoms in total. The third-order valence-corrected chi connectivity index (χ3v) is 3.98. The molecule has 1 aliphatic rings. The zero-order valence-electron chi connectivity index (χ0n) is 11.4. The molecule has 1 aliphatic heterocycles. The van der Waals surface area contributed by atoms with Crippen LogP contribution in [0.3, 0.4) is 0 Å². The van der Waals surface area contributed by atoms with E-state index in [4.69, 9.17) is 4.74 Å². The summed E-state index contributed by atoms with van der Waals surface area (Å²) in [6.45, 7) is 12.1. The van der Waals surface area contributed by atoms with Crippen molar-refractivity contribution in [1.29, 1.82) is 0 Å². The van der Waals surface area contributed by atoms with Gasteiger partial charge in [-0.25, -0.2) is 0 Å². The van der Waals surface area contributed by atoms with Crippen LogP contribution in [0.1, 0.15) is 33.6 Å². The molecular formula is C13H28N2O. The van der Waals surface area contributed by atoms with Crippen LogP contribution in [0.2, 0.25) is 0 Å². The van der Waals surface area contributed by atoms with Gasteiger partial charge in [-0.2, -0.15) is 0 Å². The van der Waals surface area contributed by atoms with Crippen LogP contribution in [0.4, 0.5) is 0 Å². The Morgan fingerprint density at radius 3 is 2.75 bits per heavy atom. The predicted octanol–water partition coefficient (Wildman–Crippen LogP) is 1.73. The summed E-state index contributed by atoms with van der Waals surface area (Å²) in [6, 6.07) is 0. The standard InChI is InChI=1S/C13H28N2O/c1-5-13(2,3)15(4)8-7-14-10-12-6-9-16-11-12/h12,14H,5-11H2,1-4H3. The van der Waals surface area contributed by atoms with Crippen LogP contribution in [-0.4, -0.2) is 50.3 Å². The number of rotatable bonds is 7. The zero-order chi connectivity index (χ0) is 12.0. The van der Waals surface area contributed by atoms with Crippen LogP contribution < -0.4 is 5.32 Å². The van der Waals surface area contributed by atoms with Crippen LogP contribution in [0, 0.1) is 5.92 Å². The molecule has 1 heterocycles. The fraction of sp³-hybridized carbons (Fsp3) is 1.00. The van der Waals surface area contributed by atoms with Crippen molar-refractivity contribution in [2.24, 2.45) is 5.92 Å². The van der Waals surface area contributed by atoms with E-state index in [-0.39, 0.29) is 0 Å². The van der Waals surface area contributed by atoms with Crippen LogP contribution in [0.25, 0.3) is 0 Å². The van der Waals surface area contributed by atoms with E-state index < -0.39 is 0 Å². The van der Waals surface area contributed by atoms with Gasteiger partial charge in [-0.15, -0.1) is 0 Å². The molecule has 0 aromatic heterocycles. The third-order valence-electron chi connectivity index (χ3n) is 3.98. The summed E-state index contributed by atoms with van der Waals surface area (Å²) in [6.07, 6.45) is 2.42. The Balaban J connectivity index is 2.05. The molecule has 1 rings (SSSR count). The lowest BCUT2D eigenvalue weighted by molar-refractivity contribution is 0.150. The van der Waals surface area contributed by atoms with Crippen molar-refractivity contribution in [1.82, 2.24) is 10.2 Å². The maximum Gasteiger partial charge on any atom is 0.0507 e. The maximum atomic E-state index is 5.36. The van der Waals surface area contributed by atoms with E-state index >= 15 is 0 Å². The highest BCUT2D eigenvalue weighted by molar-refractivity contribution is 4.77. The molecule has 0 saturated carbocycles. The Kier molecular flexibility index (Phi) is 5.73. The molecule has 1 N–H and O–H groups in total. The molecule has 0 aromatic carbocycles. The van der Waals surface area contributed by atoms with E-state index in [2.05, 4.69) is 38.0 Å². The highest BCUT2D eigenvalue weighted by Gasteiger charge is 2.20. The maximum absolute atomic E-state index is 5.36. The highest BCUT2D eigenvalue weighted by Crippen LogP contribution is 2.15. The van der Waals surface area contributed by atoms with Gasteiger partial charge in [0.15, 0.2) is 0 Å². The van der Waals surface area contributed by atoms with E-state index in [0.717, 1.165) is 38.8 Å². The topological polar surface area (TPSA) is 24.5 Å². The smallest absolute Gasteiger partial charge is 0.0507 e. The Morgan fingerprint density at radius 1 is 1.44 bits per heavy atom. The van der Waals surface area contributed by atoms with Crippen molar-refractivity contribution in [3.8, 4) is 0 Å². The second kappa shape index (κ2) is 6.58. The Labute approximate surface area is 101 Å². The van der Waals surface area contributed by atoms with Gasteiger partial charge in [-0.05, 0) is 39.7 Å². The lowest BCUT2D eigenvalue weighted by Crippen LogP contribution is -2.44. The van der Waals surface area contributed by atoms with Gasteiger partial charge < -0.3 is 10.1 Å². The fourth-order valence-electron chi connectivity index (χ4n) is 1.87. The average Bonchev–Trinajstić information content (AvgIpc) is 2.76. The molecule has 16 heavy (non-hydrogen) atoms. The van der Waals surface area contributed by atoms with Gasteiger partial charge >= 0.3 is 0 Å². The monoisotopic (exact) mass is 228 g/mol. The van der Waals surface area contributed by atoms with Gasteiger partial charge in [0.1, 0.15) is 0 Å². The summed E-state index contributed by atoms with van der Waals surface area (Å²) in [5.41, 5.74) is 0.318. The summed E-state index contributed by atoms with van der Waals surface area (Å²) in [5.74, 6) is 0.740. The molecule has 1 fully saturated rings. The molecule has 0 spiro atoms. The van der Waals surface area contributed by atoms with E-state index in [0.29, 0.717) is 5.54 Å². The van der Waals surface area contributed by atoms with Gasteiger partial charge in [0.2, 0.25) is 0 Å². The minimum Gasteiger partial charge on any atom is -0.381 e. The first-order chi connectivity index (χ1) is 7.56. The molecule has 0 aliphatic carbocycles.